The van der Waals surface area contributed by atoms with Crippen molar-refractivity contribution in [1.29, 1.82) is 0 Å². The predicted octanol–water partition coefficient (Wildman–Crippen LogP) is 5.31. The van der Waals surface area contributed by atoms with E-state index in [0.29, 0.717) is 12.2 Å². The molecular weight excluding hydrogens is 522 g/mol. The largest absolute Gasteiger partial charge is 0.354 e. The Labute approximate surface area is 239 Å². The van der Waals surface area contributed by atoms with E-state index in [1.165, 1.54) is 9.21 Å². The molecule has 0 saturated carbocycles. The Kier molecular flexibility index (Phi) is 10.1. The zero-order valence-corrected chi connectivity index (χ0v) is 25.4. The Morgan fingerprint density at radius 1 is 0.825 bits per heavy atom. The van der Waals surface area contributed by atoms with E-state index in [2.05, 4.69) is 5.32 Å². The maximum atomic E-state index is 14.1. The minimum absolute atomic E-state index is 0.0969. The molecule has 0 radical (unpaired) electrons. The van der Waals surface area contributed by atoms with Crippen molar-refractivity contribution in [2.24, 2.45) is 5.92 Å². The number of aryl methyl sites for hydroxylation is 3. The summed E-state index contributed by atoms with van der Waals surface area (Å²) in [5.74, 6) is -0.505. The van der Waals surface area contributed by atoms with Crippen molar-refractivity contribution in [2.45, 2.75) is 65.9 Å². The Bertz CT molecular complexity index is 1430. The third-order valence-electron chi connectivity index (χ3n) is 7.06. The monoisotopic (exact) mass is 563 g/mol. The highest BCUT2D eigenvalue weighted by Crippen LogP contribution is 2.29. The first-order valence-corrected chi connectivity index (χ1v) is 15.0. The molecule has 0 saturated heterocycles. The number of hydrogen-bond donors (Lipinski definition) is 1. The molecule has 2 amide bonds. The Hall–Kier alpha value is -3.65. The fourth-order valence-electron chi connectivity index (χ4n) is 4.28. The van der Waals surface area contributed by atoms with Crippen molar-refractivity contribution in [3.05, 3.63) is 94.5 Å². The lowest BCUT2D eigenvalue weighted by Gasteiger charge is -2.32. The number of anilines is 1. The molecule has 0 unspecified atom stereocenters. The lowest BCUT2D eigenvalue weighted by Crippen LogP contribution is -2.51. The number of nitrogens with one attached hydrogen (secondary N) is 1. The van der Waals surface area contributed by atoms with Crippen LogP contribution < -0.4 is 9.62 Å². The van der Waals surface area contributed by atoms with E-state index in [0.717, 1.165) is 27.8 Å². The predicted molar refractivity (Wildman–Crippen MR) is 161 cm³/mol. The molecule has 7 nitrogen and oxygen atoms in total. The van der Waals surface area contributed by atoms with Crippen molar-refractivity contribution in [1.82, 2.24) is 10.2 Å². The molecule has 0 heterocycles. The molecule has 3 aromatic rings. The van der Waals surface area contributed by atoms with E-state index in [1.54, 1.807) is 43.3 Å². The van der Waals surface area contributed by atoms with Gasteiger partial charge in [0.2, 0.25) is 11.8 Å². The van der Waals surface area contributed by atoms with Crippen molar-refractivity contribution < 1.29 is 18.0 Å². The van der Waals surface area contributed by atoms with Crippen LogP contribution in [0, 0.1) is 33.6 Å². The number of carbonyl (C=O) groups is 2. The Morgan fingerprint density at radius 3 is 1.98 bits per heavy atom. The standard InChI is InChI=1S/C32H41N3O4S/c1-22(2)19-33-32(37)27(7)34(20-28-15-11-23(3)12-16-28)31(36)21-35(30-10-8-9-25(5)26(30)6)40(38,39)29-17-13-24(4)14-18-29/h8-18,22,27H,19-21H2,1-7H3,(H,33,37)/t27-/m1/s1. The molecule has 40 heavy (non-hydrogen) atoms. The molecule has 1 N–H and O–H groups in total. The second-order valence-electron chi connectivity index (χ2n) is 10.9. The molecule has 0 aliphatic rings. The fourth-order valence-corrected chi connectivity index (χ4v) is 5.75. The Morgan fingerprint density at radius 2 is 1.40 bits per heavy atom. The van der Waals surface area contributed by atoms with Crippen LogP contribution in [-0.2, 0) is 26.2 Å². The molecule has 0 aliphatic carbocycles. The van der Waals surface area contributed by atoms with Gasteiger partial charge in [-0.05, 0) is 75.4 Å². The molecule has 214 valence electrons. The number of hydrogen-bond acceptors (Lipinski definition) is 4. The van der Waals surface area contributed by atoms with Gasteiger partial charge in [0.1, 0.15) is 12.6 Å². The van der Waals surface area contributed by atoms with Gasteiger partial charge in [-0.15, -0.1) is 0 Å². The van der Waals surface area contributed by atoms with E-state index in [1.807, 2.05) is 71.9 Å². The second-order valence-corrected chi connectivity index (χ2v) is 12.7. The summed E-state index contributed by atoms with van der Waals surface area (Å²) in [5, 5.41) is 2.91. The summed E-state index contributed by atoms with van der Waals surface area (Å²) >= 11 is 0. The summed E-state index contributed by atoms with van der Waals surface area (Å²) in [7, 11) is -4.10. The van der Waals surface area contributed by atoms with Crippen LogP contribution in [0.3, 0.4) is 0 Å². The number of carbonyl (C=O) groups excluding carboxylic acids is 2. The smallest absolute Gasteiger partial charge is 0.264 e. The highest BCUT2D eigenvalue weighted by molar-refractivity contribution is 7.92. The first-order chi connectivity index (χ1) is 18.8. The topological polar surface area (TPSA) is 86.8 Å². The van der Waals surface area contributed by atoms with Gasteiger partial charge in [-0.1, -0.05) is 73.5 Å². The zero-order chi connectivity index (χ0) is 29.6. The summed E-state index contributed by atoms with van der Waals surface area (Å²) < 4.78 is 29.2. The summed E-state index contributed by atoms with van der Waals surface area (Å²) in [6, 6.07) is 18.9. The first kappa shape index (κ1) is 30.9. The number of amides is 2. The van der Waals surface area contributed by atoms with Crippen LogP contribution in [0.1, 0.15) is 48.6 Å². The molecule has 8 heteroatoms. The van der Waals surface area contributed by atoms with Crippen LogP contribution in [0.5, 0.6) is 0 Å². The summed E-state index contributed by atoms with van der Waals surface area (Å²) in [6.07, 6.45) is 0. The van der Waals surface area contributed by atoms with Gasteiger partial charge in [-0.2, -0.15) is 0 Å². The SMILES string of the molecule is Cc1ccc(CN(C(=O)CN(c2cccc(C)c2C)S(=O)(=O)c2ccc(C)cc2)[C@H](C)C(=O)NCC(C)C)cc1. The van der Waals surface area contributed by atoms with E-state index in [-0.39, 0.29) is 23.3 Å². The van der Waals surface area contributed by atoms with Gasteiger partial charge in [-0.3, -0.25) is 13.9 Å². The van der Waals surface area contributed by atoms with E-state index >= 15 is 0 Å². The second kappa shape index (κ2) is 13.1. The van der Waals surface area contributed by atoms with Gasteiger partial charge < -0.3 is 10.2 Å². The van der Waals surface area contributed by atoms with Gasteiger partial charge in [0.25, 0.3) is 10.0 Å². The first-order valence-electron chi connectivity index (χ1n) is 13.6. The van der Waals surface area contributed by atoms with Gasteiger partial charge in [0, 0.05) is 13.1 Å². The Balaban J connectivity index is 2.05. The quantitative estimate of drug-likeness (QED) is 0.343. The fraction of sp³-hybridized carbons (Fsp3) is 0.375. The van der Waals surface area contributed by atoms with Crippen molar-refractivity contribution in [3.8, 4) is 0 Å². The summed E-state index contributed by atoms with van der Waals surface area (Å²) in [4.78, 5) is 28.7. The maximum Gasteiger partial charge on any atom is 0.264 e. The number of benzene rings is 3. The van der Waals surface area contributed by atoms with Crippen LogP contribution in [0.25, 0.3) is 0 Å². The molecule has 3 rings (SSSR count). The van der Waals surface area contributed by atoms with Crippen LogP contribution in [0.4, 0.5) is 5.69 Å². The van der Waals surface area contributed by atoms with E-state index in [4.69, 9.17) is 0 Å². The van der Waals surface area contributed by atoms with E-state index in [9.17, 15) is 18.0 Å². The average molecular weight is 564 g/mol. The number of sulfonamides is 1. The summed E-state index contributed by atoms with van der Waals surface area (Å²) in [5.41, 5.74) is 4.96. The van der Waals surface area contributed by atoms with Gasteiger partial charge >= 0.3 is 0 Å². The summed E-state index contributed by atoms with van der Waals surface area (Å²) in [6.45, 7) is 13.5. The third-order valence-corrected chi connectivity index (χ3v) is 8.83. The number of rotatable bonds is 11. The van der Waals surface area contributed by atoms with Crippen molar-refractivity contribution in [2.75, 3.05) is 17.4 Å². The molecule has 0 bridgehead atoms. The molecule has 0 aliphatic heterocycles. The minimum atomic E-state index is -4.10. The van der Waals surface area contributed by atoms with Crippen LogP contribution >= 0.6 is 0 Å². The van der Waals surface area contributed by atoms with Gasteiger partial charge in [-0.25, -0.2) is 8.42 Å². The van der Waals surface area contributed by atoms with Crippen LogP contribution in [-0.4, -0.2) is 44.3 Å². The third kappa shape index (κ3) is 7.50. The average Bonchev–Trinajstić information content (AvgIpc) is 2.91. The van der Waals surface area contributed by atoms with Crippen molar-refractivity contribution in [3.63, 3.8) is 0 Å². The highest BCUT2D eigenvalue weighted by atomic mass is 32.2. The van der Waals surface area contributed by atoms with Gasteiger partial charge in [0.15, 0.2) is 0 Å². The molecule has 3 aromatic carbocycles. The van der Waals surface area contributed by atoms with Crippen LogP contribution in [0.2, 0.25) is 0 Å². The lowest BCUT2D eigenvalue weighted by molar-refractivity contribution is -0.139. The molecular formula is C32H41N3O4S. The minimum Gasteiger partial charge on any atom is -0.354 e. The lowest BCUT2D eigenvalue weighted by atomic mass is 10.1. The van der Waals surface area contributed by atoms with Crippen molar-refractivity contribution >= 4 is 27.5 Å². The molecule has 0 fully saturated rings. The molecule has 1 atom stereocenters. The molecule has 0 aromatic heterocycles. The maximum absolute atomic E-state index is 14.1. The van der Waals surface area contributed by atoms with Crippen LogP contribution in [0.15, 0.2) is 71.6 Å². The normalized spacial score (nSPS) is 12.2. The molecule has 0 spiro atoms. The highest BCUT2D eigenvalue weighted by Gasteiger charge is 2.33. The number of nitrogens with zero attached hydrogens (tertiary/aromatic N) is 2. The zero-order valence-electron chi connectivity index (χ0n) is 24.6. The van der Waals surface area contributed by atoms with Gasteiger partial charge in [0.05, 0.1) is 10.6 Å². The van der Waals surface area contributed by atoms with E-state index < -0.39 is 28.5 Å².